The second-order valence-corrected chi connectivity index (χ2v) is 8.27. The molecule has 2 heterocycles. The molecule has 0 saturated heterocycles. The van der Waals surface area contributed by atoms with Gasteiger partial charge >= 0.3 is 5.97 Å². The molecule has 208 valence electrons. The molecule has 0 radical (unpaired) electrons. The van der Waals surface area contributed by atoms with Crippen LogP contribution in [0, 0.1) is 0 Å². The molecule has 0 aliphatic carbocycles. The molecular formula is C23H30Cl3N7O5. The number of Topliss-reactive ketones (excluding diaryl/α,β-unsaturated/α-hetero) is 1. The van der Waals surface area contributed by atoms with Crippen LogP contribution in [-0.2, 0) is 24.4 Å². The first-order valence-electron chi connectivity index (χ1n) is 11.5. The number of rotatable bonds is 11. The lowest BCUT2D eigenvalue weighted by Crippen LogP contribution is -3.00. The number of aryl methyl sites for hydroxylation is 2. The number of imidazole rings is 1. The summed E-state index contributed by atoms with van der Waals surface area (Å²) in [5.41, 5.74) is 13.0. The van der Waals surface area contributed by atoms with Gasteiger partial charge in [-0.2, -0.15) is 0 Å². The lowest BCUT2D eigenvalue weighted by atomic mass is 10.0. The van der Waals surface area contributed by atoms with Crippen molar-refractivity contribution >= 4 is 64.3 Å². The largest absolute Gasteiger partial charge is 1.00 e. The molecular weight excluding hydrogens is 561 g/mol. The standard InChI is InChI=1S/C23H28ClN7O5.2ClH/c1-4-7-15(32)12-8-13-14(9-16(12)36-11-18(33)34)31(6-3)17(30(13)5-2)10-27-23(35)19-21(25)29-22(26)20(24)28-19;;/h8-9H,4-7,10-11H2,1-3H3,(H5-,25,26,27,29,33,34,35);2*1H. The van der Waals surface area contributed by atoms with Gasteiger partial charge in [0, 0.05) is 18.6 Å². The van der Waals surface area contributed by atoms with E-state index in [2.05, 4.69) is 15.3 Å². The molecule has 0 bridgehead atoms. The molecule has 1 aromatic carbocycles. The van der Waals surface area contributed by atoms with Gasteiger partial charge in [-0.3, -0.25) is 9.59 Å². The number of amides is 1. The van der Waals surface area contributed by atoms with Gasteiger partial charge < -0.3 is 39.0 Å². The summed E-state index contributed by atoms with van der Waals surface area (Å²) in [6.45, 7) is 6.36. The van der Waals surface area contributed by atoms with Crippen LogP contribution in [0.5, 0.6) is 5.75 Å². The van der Waals surface area contributed by atoms with Crippen molar-refractivity contribution in [2.24, 2.45) is 0 Å². The Morgan fingerprint density at radius 1 is 1.16 bits per heavy atom. The SMILES string of the molecule is CCCC(=O)c1cc2c(cc1OCC(=O)O)[n+](CC)c(CNC(=O)c1nc(Cl)c(N)nc1N)n2CC.Cl.[Cl-]. The number of carboxylic acid groups (broad SMARTS) is 1. The summed E-state index contributed by atoms with van der Waals surface area (Å²) in [4.78, 5) is 44.5. The second-order valence-electron chi connectivity index (χ2n) is 7.91. The smallest absolute Gasteiger partial charge is 0.341 e. The molecule has 12 nitrogen and oxygen atoms in total. The number of fused-ring (bicyclic) bond motifs is 1. The van der Waals surface area contributed by atoms with Gasteiger partial charge in [-0.15, -0.1) is 12.4 Å². The quantitative estimate of drug-likeness (QED) is 0.167. The zero-order valence-electron chi connectivity index (χ0n) is 21.1. The lowest BCUT2D eigenvalue weighted by molar-refractivity contribution is -0.676. The molecule has 0 unspecified atom stereocenters. The topological polar surface area (TPSA) is 179 Å². The van der Waals surface area contributed by atoms with Crippen LogP contribution in [0.15, 0.2) is 12.1 Å². The first-order chi connectivity index (χ1) is 17.1. The van der Waals surface area contributed by atoms with Crippen LogP contribution in [0.2, 0.25) is 5.15 Å². The van der Waals surface area contributed by atoms with Crippen LogP contribution < -0.4 is 38.5 Å². The van der Waals surface area contributed by atoms with E-state index in [1.807, 2.05) is 29.9 Å². The van der Waals surface area contributed by atoms with Crippen molar-refractivity contribution in [2.45, 2.75) is 53.2 Å². The number of benzene rings is 1. The fourth-order valence-electron chi connectivity index (χ4n) is 4.00. The fourth-order valence-corrected chi connectivity index (χ4v) is 4.13. The number of aliphatic carboxylic acids is 1. The first-order valence-corrected chi connectivity index (χ1v) is 11.8. The van der Waals surface area contributed by atoms with E-state index in [1.54, 1.807) is 12.1 Å². The maximum absolute atomic E-state index is 12.8. The van der Waals surface area contributed by atoms with E-state index in [1.165, 1.54) is 0 Å². The predicted molar refractivity (Wildman–Crippen MR) is 140 cm³/mol. The lowest BCUT2D eigenvalue weighted by Gasteiger charge is -2.09. The number of carboxylic acids is 1. The van der Waals surface area contributed by atoms with Gasteiger partial charge in [-0.05, 0) is 20.3 Å². The third-order valence-corrected chi connectivity index (χ3v) is 5.85. The number of halogens is 3. The number of nitrogens with two attached hydrogens (primary N) is 2. The van der Waals surface area contributed by atoms with E-state index in [-0.39, 0.29) is 65.4 Å². The van der Waals surface area contributed by atoms with Crippen LogP contribution in [0.1, 0.15) is 60.3 Å². The van der Waals surface area contributed by atoms with E-state index in [0.717, 1.165) is 16.9 Å². The Hall–Kier alpha value is -3.35. The molecule has 0 fully saturated rings. The molecule has 38 heavy (non-hydrogen) atoms. The normalized spacial score (nSPS) is 10.4. The molecule has 0 atom stereocenters. The van der Waals surface area contributed by atoms with E-state index in [9.17, 15) is 14.4 Å². The monoisotopic (exact) mass is 589 g/mol. The van der Waals surface area contributed by atoms with Gasteiger partial charge in [0.25, 0.3) is 11.7 Å². The predicted octanol–water partition coefficient (Wildman–Crippen LogP) is -0.622. The van der Waals surface area contributed by atoms with E-state index in [0.29, 0.717) is 31.5 Å². The first kappa shape index (κ1) is 32.7. The van der Waals surface area contributed by atoms with Gasteiger partial charge in [0.15, 0.2) is 45.9 Å². The highest BCUT2D eigenvalue weighted by molar-refractivity contribution is 6.31. The highest BCUT2D eigenvalue weighted by Gasteiger charge is 2.28. The summed E-state index contributed by atoms with van der Waals surface area (Å²) in [5, 5.41) is 11.7. The Morgan fingerprint density at radius 2 is 1.84 bits per heavy atom. The van der Waals surface area contributed by atoms with E-state index >= 15 is 0 Å². The number of carbonyl (C=O) groups is 3. The molecule has 3 rings (SSSR count). The van der Waals surface area contributed by atoms with Crippen molar-refractivity contribution in [1.29, 1.82) is 0 Å². The number of aromatic nitrogens is 4. The third-order valence-electron chi connectivity index (χ3n) is 5.57. The van der Waals surface area contributed by atoms with Crippen LogP contribution in [0.3, 0.4) is 0 Å². The average molecular weight is 591 g/mol. The van der Waals surface area contributed by atoms with E-state index in [4.69, 9.17) is 32.9 Å². The van der Waals surface area contributed by atoms with Gasteiger partial charge in [-0.1, -0.05) is 18.5 Å². The maximum atomic E-state index is 12.8. The van der Waals surface area contributed by atoms with Gasteiger partial charge in [0.2, 0.25) is 0 Å². The molecule has 6 N–H and O–H groups in total. The number of nitrogens with one attached hydrogen (secondary N) is 1. The van der Waals surface area contributed by atoms with Gasteiger partial charge in [0.05, 0.1) is 18.7 Å². The van der Waals surface area contributed by atoms with Gasteiger partial charge in [-0.25, -0.2) is 23.9 Å². The Kier molecular flexibility index (Phi) is 12.0. The summed E-state index contributed by atoms with van der Waals surface area (Å²) < 4.78 is 9.40. The molecule has 0 aliphatic rings. The summed E-state index contributed by atoms with van der Waals surface area (Å²) >= 11 is 5.90. The van der Waals surface area contributed by atoms with Crippen LogP contribution in [0.4, 0.5) is 11.6 Å². The highest BCUT2D eigenvalue weighted by atomic mass is 35.5. The number of ketones is 1. The Morgan fingerprint density at radius 3 is 2.42 bits per heavy atom. The van der Waals surface area contributed by atoms with Crippen molar-refractivity contribution < 1.29 is 41.2 Å². The molecule has 2 aromatic heterocycles. The minimum Gasteiger partial charge on any atom is -1.00 e. The minimum atomic E-state index is -1.15. The van der Waals surface area contributed by atoms with Crippen LogP contribution in [-0.4, -0.2) is 43.9 Å². The maximum Gasteiger partial charge on any atom is 0.341 e. The Balaban J connectivity index is 0.00000361. The minimum absolute atomic E-state index is 0. The van der Waals surface area contributed by atoms with Crippen molar-refractivity contribution in [2.75, 3.05) is 18.1 Å². The Bertz CT molecular complexity index is 1350. The summed E-state index contributed by atoms with van der Waals surface area (Å²) in [6.07, 6.45) is 0.933. The van der Waals surface area contributed by atoms with Crippen molar-refractivity contribution in [3.05, 3.63) is 34.4 Å². The number of carbonyl (C=O) groups excluding carboxylic acids is 2. The molecule has 15 heteroatoms. The molecule has 0 aliphatic heterocycles. The number of hydrogen-bond donors (Lipinski definition) is 4. The number of nitrogen functional groups attached to an aromatic ring is 2. The summed E-state index contributed by atoms with van der Waals surface area (Å²) in [6, 6.07) is 3.39. The zero-order valence-corrected chi connectivity index (χ0v) is 23.4. The van der Waals surface area contributed by atoms with E-state index < -0.39 is 18.5 Å². The fraction of sp³-hybridized carbons (Fsp3) is 0.391. The molecule has 3 aromatic rings. The molecule has 0 spiro atoms. The summed E-state index contributed by atoms with van der Waals surface area (Å²) in [5.74, 6) is -1.15. The van der Waals surface area contributed by atoms with Crippen LogP contribution >= 0.6 is 24.0 Å². The Labute approximate surface area is 236 Å². The highest BCUT2D eigenvalue weighted by Crippen LogP contribution is 2.28. The third kappa shape index (κ3) is 6.74. The molecule has 0 saturated carbocycles. The van der Waals surface area contributed by atoms with Crippen molar-refractivity contribution in [3.63, 3.8) is 0 Å². The number of ether oxygens (including phenoxy) is 1. The average Bonchev–Trinajstić information content (AvgIpc) is 3.14. The van der Waals surface area contributed by atoms with Crippen molar-refractivity contribution in [1.82, 2.24) is 19.9 Å². The number of hydrogen-bond acceptors (Lipinski definition) is 8. The van der Waals surface area contributed by atoms with Gasteiger partial charge in [0.1, 0.15) is 12.3 Å². The van der Waals surface area contributed by atoms with Crippen LogP contribution in [0.25, 0.3) is 11.0 Å². The van der Waals surface area contributed by atoms with Crippen molar-refractivity contribution in [3.8, 4) is 5.75 Å². The summed E-state index contributed by atoms with van der Waals surface area (Å²) in [7, 11) is 0. The second kappa shape index (κ2) is 14.0. The number of nitrogens with zero attached hydrogens (tertiary/aromatic N) is 4. The number of anilines is 2. The zero-order chi connectivity index (χ0) is 26.6. The molecule has 1 amide bonds.